The minimum atomic E-state index is 0.336. The van der Waals surface area contributed by atoms with Gasteiger partial charge in [-0.05, 0) is 80.3 Å². The maximum atomic E-state index is 2.44. The third-order valence-corrected chi connectivity index (χ3v) is 8.31. The van der Waals surface area contributed by atoms with Gasteiger partial charge in [-0.2, -0.15) is 0 Å². The van der Waals surface area contributed by atoms with Crippen LogP contribution in [-0.4, -0.2) is 0 Å². The van der Waals surface area contributed by atoms with Crippen molar-refractivity contribution in [2.75, 3.05) is 0 Å². The second kappa shape index (κ2) is 8.95. The smallest absolute Gasteiger partial charge is 0.0137 e. The van der Waals surface area contributed by atoms with E-state index in [4.69, 9.17) is 0 Å². The molecule has 0 nitrogen and oxygen atoms in total. The van der Waals surface area contributed by atoms with Crippen molar-refractivity contribution < 1.29 is 0 Å². The molecule has 0 amide bonds. The van der Waals surface area contributed by atoms with Crippen LogP contribution in [-0.2, 0) is 0 Å². The lowest BCUT2D eigenvalue weighted by atomic mass is 9.68. The third kappa shape index (κ3) is 3.52. The predicted octanol–water partition coefficient (Wildman–Crippen LogP) is 7.48. The molecule has 0 aliphatic heterocycles. The number of hydrogen-bond acceptors (Lipinski definition) is 0. The van der Waals surface area contributed by atoms with Gasteiger partial charge < -0.3 is 0 Å². The Labute approximate surface area is 213 Å². The summed E-state index contributed by atoms with van der Waals surface area (Å²) in [6.45, 7) is 0. The van der Waals surface area contributed by atoms with Crippen LogP contribution in [0.25, 0.3) is 21.9 Å². The Morgan fingerprint density at radius 2 is 1.19 bits per heavy atom. The Bertz CT molecular complexity index is 1670. The molecule has 2 unspecified atom stereocenters. The third-order valence-electron chi connectivity index (χ3n) is 8.31. The van der Waals surface area contributed by atoms with Crippen LogP contribution in [0.3, 0.4) is 0 Å². The van der Waals surface area contributed by atoms with Crippen LogP contribution in [0.4, 0.5) is 0 Å². The minimum Gasteiger partial charge on any atom is -0.0842 e. The summed E-state index contributed by atoms with van der Waals surface area (Å²) in [6.07, 6.45) is 25.6. The molecule has 0 heterocycles. The molecule has 2 atom stereocenters. The number of hydrogen-bond donors (Lipinski definition) is 0. The van der Waals surface area contributed by atoms with Crippen molar-refractivity contribution in [1.82, 2.24) is 0 Å². The highest BCUT2D eigenvalue weighted by atomic mass is 14.4. The normalized spacial score (nSPS) is 22.6. The average Bonchev–Trinajstić information content (AvgIpc) is 2.96. The highest BCUT2D eigenvalue weighted by molar-refractivity contribution is 5.96. The number of rotatable bonds is 3. The predicted molar refractivity (Wildman–Crippen MR) is 153 cm³/mol. The molecule has 0 heteroatoms. The standard InChI is InChI=1S/C36H30/c1-2-11-25(12-3-1)26-21-23-28(24-22-26)35-31-16-6-8-18-33(31)36(34-19-9-7-17-32(34)35)30-20-10-14-27-13-4-5-15-29(27)30/h1-2,4-11,13-21,23,31,33H,3,12,22,24H2. The summed E-state index contributed by atoms with van der Waals surface area (Å²) in [7, 11) is 0. The highest BCUT2D eigenvalue weighted by Gasteiger charge is 2.33. The van der Waals surface area contributed by atoms with E-state index in [2.05, 4.69) is 121 Å². The van der Waals surface area contributed by atoms with Gasteiger partial charge in [0.25, 0.3) is 0 Å². The molecule has 4 aliphatic carbocycles. The second-order valence-corrected chi connectivity index (χ2v) is 10.3. The van der Waals surface area contributed by atoms with Gasteiger partial charge in [-0.15, -0.1) is 0 Å². The Kier molecular flexibility index (Phi) is 5.32. The zero-order valence-corrected chi connectivity index (χ0v) is 20.5. The first kappa shape index (κ1) is 21.4. The van der Waals surface area contributed by atoms with Gasteiger partial charge >= 0.3 is 0 Å². The summed E-state index contributed by atoms with van der Waals surface area (Å²) in [6, 6.07) is 24.7. The van der Waals surface area contributed by atoms with Crippen molar-refractivity contribution in [2.24, 2.45) is 11.8 Å². The lowest BCUT2D eigenvalue weighted by Gasteiger charge is -2.35. The van der Waals surface area contributed by atoms with Gasteiger partial charge in [-0.25, -0.2) is 0 Å². The van der Waals surface area contributed by atoms with E-state index in [9.17, 15) is 0 Å². The van der Waals surface area contributed by atoms with Crippen molar-refractivity contribution in [3.8, 4) is 0 Å². The van der Waals surface area contributed by atoms with E-state index >= 15 is 0 Å². The fourth-order valence-corrected chi connectivity index (χ4v) is 6.64. The summed E-state index contributed by atoms with van der Waals surface area (Å²) in [5.41, 5.74) is 8.89. The topological polar surface area (TPSA) is 0 Å². The fraction of sp³-hybridized carbons (Fsp3) is 0.167. The maximum Gasteiger partial charge on any atom is 0.0137 e. The van der Waals surface area contributed by atoms with Gasteiger partial charge in [0, 0.05) is 11.8 Å². The minimum absolute atomic E-state index is 0.336. The van der Waals surface area contributed by atoms with Crippen molar-refractivity contribution in [2.45, 2.75) is 25.7 Å². The molecule has 0 saturated carbocycles. The SMILES string of the molecule is C1=CCCC(C2=CC=C(C3=c4ccccc4=C(c4cccc5ccccc45)C4C=CC=CC34)CC2)=C1. The number of benzene rings is 3. The molecular weight excluding hydrogens is 432 g/mol. The van der Waals surface area contributed by atoms with Crippen molar-refractivity contribution in [3.05, 3.63) is 154 Å². The number of allylic oxidation sites excluding steroid dienone is 12. The molecule has 3 aromatic rings. The van der Waals surface area contributed by atoms with Gasteiger partial charge in [0.05, 0.1) is 0 Å². The zero-order chi connectivity index (χ0) is 23.9. The second-order valence-electron chi connectivity index (χ2n) is 10.3. The quantitative estimate of drug-likeness (QED) is 0.378. The van der Waals surface area contributed by atoms with Gasteiger partial charge in [0.15, 0.2) is 0 Å². The van der Waals surface area contributed by atoms with Crippen LogP contribution >= 0.6 is 0 Å². The molecule has 174 valence electrons. The lowest BCUT2D eigenvalue weighted by Crippen LogP contribution is -2.40. The largest absolute Gasteiger partial charge is 0.0842 e. The van der Waals surface area contributed by atoms with E-state index in [1.165, 1.54) is 61.1 Å². The zero-order valence-electron chi connectivity index (χ0n) is 20.5. The van der Waals surface area contributed by atoms with Crippen LogP contribution in [0, 0.1) is 11.8 Å². The molecule has 4 aliphatic rings. The average molecular weight is 463 g/mol. The van der Waals surface area contributed by atoms with E-state index in [0.717, 1.165) is 19.3 Å². The van der Waals surface area contributed by atoms with E-state index in [1.807, 2.05) is 0 Å². The summed E-state index contributed by atoms with van der Waals surface area (Å²) in [4.78, 5) is 0. The van der Waals surface area contributed by atoms with Gasteiger partial charge in [-0.3, -0.25) is 0 Å². The molecule has 0 saturated heterocycles. The molecule has 0 spiro atoms. The molecular formula is C36H30. The first-order valence-corrected chi connectivity index (χ1v) is 13.3. The molecule has 0 bridgehead atoms. The van der Waals surface area contributed by atoms with Crippen LogP contribution in [0.5, 0.6) is 0 Å². The molecule has 7 rings (SSSR count). The molecule has 0 radical (unpaired) electrons. The van der Waals surface area contributed by atoms with E-state index in [1.54, 1.807) is 0 Å². The Morgan fingerprint density at radius 3 is 1.97 bits per heavy atom. The summed E-state index contributed by atoms with van der Waals surface area (Å²) in [5.74, 6) is 0.695. The van der Waals surface area contributed by atoms with Gasteiger partial charge in [0.2, 0.25) is 0 Å². The molecule has 0 aromatic heterocycles. The van der Waals surface area contributed by atoms with E-state index in [0.29, 0.717) is 11.8 Å². The molecule has 36 heavy (non-hydrogen) atoms. The van der Waals surface area contributed by atoms with E-state index < -0.39 is 0 Å². The van der Waals surface area contributed by atoms with Crippen LogP contribution < -0.4 is 10.4 Å². The Hall–Kier alpha value is -3.90. The van der Waals surface area contributed by atoms with Crippen LogP contribution in [0.15, 0.2) is 138 Å². The van der Waals surface area contributed by atoms with Crippen LogP contribution in [0.2, 0.25) is 0 Å². The molecule has 0 N–H and O–H groups in total. The number of fused-ring (bicyclic) bond motifs is 3. The summed E-state index contributed by atoms with van der Waals surface area (Å²) in [5, 5.41) is 5.45. The van der Waals surface area contributed by atoms with Crippen molar-refractivity contribution >= 4 is 21.9 Å². The van der Waals surface area contributed by atoms with Gasteiger partial charge in [-0.1, -0.05) is 121 Å². The molecule has 3 aromatic carbocycles. The highest BCUT2D eigenvalue weighted by Crippen LogP contribution is 2.43. The van der Waals surface area contributed by atoms with E-state index in [-0.39, 0.29) is 0 Å². The van der Waals surface area contributed by atoms with Gasteiger partial charge in [0.1, 0.15) is 0 Å². The monoisotopic (exact) mass is 462 g/mol. The first-order valence-electron chi connectivity index (χ1n) is 13.3. The molecule has 0 fully saturated rings. The summed E-state index contributed by atoms with van der Waals surface area (Å²) < 4.78 is 0. The fourth-order valence-electron chi connectivity index (χ4n) is 6.64. The van der Waals surface area contributed by atoms with Crippen LogP contribution in [0.1, 0.15) is 31.2 Å². The Morgan fingerprint density at radius 1 is 0.528 bits per heavy atom. The first-order chi connectivity index (χ1) is 17.9. The summed E-state index contributed by atoms with van der Waals surface area (Å²) >= 11 is 0. The Balaban J connectivity index is 1.48. The lowest BCUT2D eigenvalue weighted by molar-refractivity contribution is 0.679. The van der Waals surface area contributed by atoms with Crippen molar-refractivity contribution in [1.29, 1.82) is 0 Å². The van der Waals surface area contributed by atoms with Crippen molar-refractivity contribution in [3.63, 3.8) is 0 Å². The maximum absolute atomic E-state index is 2.44.